The van der Waals surface area contributed by atoms with E-state index in [2.05, 4.69) is 10.3 Å². The van der Waals surface area contributed by atoms with Crippen LogP contribution in [0.4, 0.5) is 5.00 Å². The number of anilines is 1. The fourth-order valence-electron chi connectivity index (χ4n) is 2.90. The number of aromatic amines is 1. The Morgan fingerprint density at radius 2 is 2.00 bits per heavy atom. The SMILES string of the molecule is CCOC(=O)c1c(NC(=O)c2c[nH]c3c(OC)cccc3c2=O)sc(C)c1C. The molecule has 0 aliphatic heterocycles. The van der Waals surface area contributed by atoms with Gasteiger partial charge in [-0.25, -0.2) is 4.79 Å². The van der Waals surface area contributed by atoms with Gasteiger partial charge in [-0.05, 0) is 38.5 Å². The molecule has 2 heterocycles. The van der Waals surface area contributed by atoms with Gasteiger partial charge in [0.2, 0.25) is 5.43 Å². The van der Waals surface area contributed by atoms with E-state index in [9.17, 15) is 14.4 Å². The number of fused-ring (bicyclic) bond motifs is 1. The normalized spacial score (nSPS) is 10.7. The third-order valence-corrected chi connectivity index (χ3v) is 5.56. The van der Waals surface area contributed by atoms with Crippen molar-refractivity contribution < 1.29 is 19.1 Å². The van der Waals surface area contributed by atoms with Gasteiger partial charge in [0, 0.05) is 11.1 Å². The third-order valence-electron chi connectivity index (χ3n) is 4.43. The van der Waals surface area contributed by atoms with Crippen LogP contribution in [0.1, 0.15) is 38.1 Å². The number of carbonyl (C=O) groups is 2. The Bertz CT molecular complexity index is 1130. The van der Waals surface area contributed by atoms with E-state index in [4.69, 9.17) is 9.47 Å². The van der Waals surface area contributed by atoms with Gasteiger partial charge >= 0.3 is 5.97 Å². The summed E-state index contributed by atoms with van der Waals surface area (Å²) in [5.74, 6) is -0.592. The van der Waals surface area contributed by atoms with E-state index in [0.29, 0.717) is 27.2 Å². The van der Waals surface area contributed by atoms with Crippen molar-refractivity contribution in [2.24, 2.45) is 0 Å². The largest absolute Gasteiger partial charge is 0.495 e. The number of hydrogen-bond donors (Lipinski definition) is 2. The highest BCUT2D eigenvalue weighted by Crippen LogP contribution is 2.33. The molecule has 0 aliphatic rings. The standard InChI is InChI=1S/C20H20N2O5S/c1-5-27-20(25)15-10(2)11(3)28-19(15)22-18(24)13-9-21-16-12(17(13)23)7-6-8-14(16)26-4/h6-9H,5H2,1-4H3,(H,21,23)(H,22,24). The first kappa shape index (κ1) is 19.6. The van der Waals surface area contributed by atoms with Gasteiger partial charge in [-0.15, -0.1) is 11.3 Å². The Labute approximate surface area is 165 Å². The van der Waals surface area contributed by atoms with Gasteiger partial charge in [-0.3, -0.25) is 9.59 Å². The number of rotatable bonds is 5. The van der Waals surface area contributed by atoms with Crippen molar-refractivity contribution in [3.05, 3.63) is 56.2 Å². The predicted octanol–water partition coefficient (Wildman–Crippen LogP) is 3.64. The van der Waals surface area contributed by atoms with E-state index < -0.39 is 17.3 Å². The third kappa shape index (κ3) is 3.38. The number of benzene rings is 1. The lowest BCUT2D eigenvalue weighted by Gasteiger charge is -2.09. The van der Waals surface area contributed by atoms with Crippen LogP contribution >= 0.6 is 11.3 Å². The maximum atomic E-state index is 12.8. The maximum absolute atomic E-state index is 12.8. The number of methoxy groups -OCH3 is 1. The van der Waals surface area contributed by atoms with Gasteiger partial charge < -0.3 is 19.8 Å². The molecule has 0 spiro atoms. The first-order chi connectivity index (χ1) is 13.4. The number of thiophene rings is 1. The summed E-state index contributed by atoms with van der Waals surface area (Å²) in [6, 6.07) is 5.03. The molecule has 2 aromatic heterocycles. The van der Waals surface area contributed by atoms with Crippen molar-refractivity contribution >= 4 is 39.1 Å². The van der Waals surface area contributed by atoms with Crippen LogP contribution in [0, 0.1) is 13.8 Å². The summed E-state index contributed by atoms with van der Waals surface area (Å²) in [6.07, 6.45) is 1.35. The fraction of sp³-hybridized carbons (Fsp3) is 0.250. The summed E-state index contributed by atoms with van der Waals surface area (Å²) < 4.78 is 10.3. The molecule has 0 saturated heterocycles. The quantitative estimate of drug-likeness (QED) is 0.637. The number of carbonyl (C=O) groups excluding carboxylic acids is 2. The highest BCUT2D eigenvalue weighted by molar-refractivity contribution is 7.16. The zero-order valence-electron chi connectivity index (χ0n) is 16.0. The van der Waals surface area contributed by atoms with Gasteiger partial charge in [-0.2, -0.15) is 0 Å². The number of para-hydroxylation sites is 1. The Hall–Kier alpha value is -3.13. The van der Waals surface area contributed by atoms with Gasteiger partial charge in [0.15, 0.2) is 0 Å². The molecule has 0 radical (unpaired) electrons. The first-order valence-electron chi connectivity index (χ1n) is 8.65. The van der Waals surface area contributed by atoms with Crippen molar-refractivity contribution in [2.75, 3.05) is 19.0 Å². The maximum Gasteiger partial charge on any atom is 0.341 e. The molecular formula is C20H20N2O5S. The molecule has 2 N–H and O–H groups in total. The minimum atomic E-state index is -0.599. The summed E-state index contributed by atoms with van der Waals surface area (Å²) >= 11 is 1.27. The molecule has 3 rings (SSSR count). The van der Waals surface area contributed by atoms with Crippen LogP contribution in [0.15, 0.2) is 29.2 Å². The topological polar surface area (TPSA) is 97.5 Å². The molecule has 0 atom stereocenters. The summed E-state index contributed by atoms with van der Waals surface area (Å²) in [6.45, 7) is 5.59. The number of esters is 1. The molecule has 8 heteroatoms. The van der Waals surface area contributed by atoms with Crippen molar-refractivity contribution in [2.45, 2.75) is 20.8 Å². The second kappa shape index (κ2) is 7.85. The van der Waals surface area contributed by atoms with Crippen LogP contribution in [0.2, 0.25) is 0 Å². The van der Waals surface area contributed by atoms with Gasteiger partial charge in [0.25, 0.3) is 5.91 Å². The van der Waals surface area contributed by atoms with E-state index in [0.717, 1.165) is 10.4 Å². The molecule has 0 unspecified atom stereocenters. The van der Waals surface area contributed by atoms with E-state index in [1.54, 1.807) is 32.0 Å². The number of amides is 1. The average Bonchev–Trinajstić information content (AvgIpc) is 2.95. The second-order valence-corrected chi connectivity index (χ2v) is 7.30. The Morgan fingerprint density at radius 1 is 1.25 bits per heavy atom. The van der Waals surface area contributed by atoms with Crippen molar-refractivity contribution in [1.82, 2.24) is 4.98 Å². The molecule has 3 aromatic rings. The van der Waals surface area contributed by atoms with Crippen LogP contribution < -0.4 is 15.5 Å². The number of ether oxygens (including phenoxy) is 2. The van der Waals surface area contributed by atoms with Crippen molar-refractivity contribution in [1.29, 1.82) is 0 Å². The van der Waals surface area contributed by atoms with Crippen molar-refractivity contribution in [3.63, 3.8) is 0 Å². The number of hydrogen-bond acceptors (Lipinski definition) is 6. The van der Waals surface area contributed by atoms with Gasteiger partial charge in [0.1, 0.15) is 16.3 Å². The van der Waals surface area contributed by atoms with E-state index in [1.807, 2.05) is 6.92 Å². The average molecular weight is 400 g/mol. The van der Waals surface area contributed by atoms with Crippen LogP contribution in [0.3, 0.4) is 0 Å². The molecule has 1 amide bonds. The van der Waals surface area contributed by atoms with Crippen LogP contribution in [-0.2, 0) is 4.74 Å². The number of aryl methyl sites for hydroxylation is 1. The number of pyridine rings is 1. The van der Waals surface area contributed by atoms with E-state index >= 15 is 0 Å². The zero-order chi connectivity index (χ0) is 20.4. The summed E-state index contributed by atoms with van der Waals surface area (Å²) in [5, 5.41) is 3.40. The molecule has 28 heavy (non-hydrogen) atoms. The minimum absolute atomic E-state index is 0.0562. The summed E-state index contributed by atoms with van der Waals surface area (Å²) in [5.41, 5.74) is 1.10. The second-order valence-electron chi connectivity index (χ2n) is 6.08. The summed E-state index contributed by atoms with van der Waals surface area (Å²) in [7, 11) is 1.51. The number of H-pyrrole nitrogens is 1. The molecule has 0 saturated carbocycles. The summed E-state index contributed by atoms with van der Waals surface area (Å²) in [4.78, 5) is 41.7. The lowest BCUT2D eigenvalue weighted by molar-refractivity contribution is 0.0527. The molecule has 7 nitrogen and oxygen atoms in total. The number of nitrogens with one attached hydrogen (secondary N) is 2. The van der Waals surface area contributed by atoms with Crippen LogP contribution in [0.5, 0.6) is 5.75 Å². The lowest BCUT2D eigenvalue weighted by Crippen LogP contribution is -2.22. The minimum Gasteiger partial charge on any atom is -0.495 e. The number of aromatic nitrogens is 1. The molecular weight excluding hydrogens is 380 g/mol. The first-order valence-corrected chi connectivity index (χ1v) is 9.47. The van der Waals surface area contributed by atoms with Crippen molar-refractivity contribution in [3.8, 4) is 5.75 Å². The van der Waals surface area contributed by atoms with E-state index in [1.165, 1.54) is 24.6 Å². The fourth-order valence-corrected chi connectivity index (χ4v) is 3.94. The van der Waals surface area contributed by atoms with Gasteiger partial charge in [0.05, 0.1) is 30.2 Å². The smallest absolute Gasteiger partial charge is 0.341 e. The van der Waals surface area contributed by atoms with Gasteiger partial charge in [-0.1, -0.05) is 6.07 Å². The molecule has 0 bridgehead atoms. The Morgan fingerprint density at radius 3 is 2.68 bits per heavy atom. The lowest BCUT2D eigenvalue weighted by atomic mass is 10.1. The van der Waals surface area contributed by atoms with Crippen LogP contribution in [0.25, 0.3) is 10.9 Å². The molecule has 146 valence electrons. The molecule has 1 aromatic carbocycles. The highest BCUT2D eigenvalue weighted by atomic mass is 32.1. The Kier molecular flexibility index (Phi) is 5.51. The monoisotopic (exact) mass is 400 g/mol. The highest BCUT2D eigenvalue weighted by Gasteiger charge is 2.23. The zero-order valence-corrected chi connectivity index (χ0v) is 16.8. The van der Waals surface area contributed by atoms with E-state index in [-0.39, 0.29) is 12.2 Å². The Balaban J connectivity index is 2.01. The predicted molar refractivity (Wildman–Crippen MR) is 109 cm³/mol. The molecule has 0 aliphatic carbocycles. The van der Waals surface area contributed by atoms with Crippen LogP contribution in [-0.4, -0.2) is 30.6 Å². The molecule has 0 fully saturated rings.